The molecule has 0 amide bonds. The first-order valence-corrected chi connectivity index (χ1v) is 11.5. The van der Waals surface area contributed by atoms with Crippen molar-refractivity contribution < 1.29 is 17.9 Å². The van der Waals surface area contributed by atoms with Gasteiger partial charge >= 0.3 is 6.18 Å². The number of rotatable bonds is 4. The van der Waals surface area contributed by atoms with Crippen molar-refractivity contribution >= 4 is 5.82 Å². The molecule has 6 nitrogen and oxygen atoms in total. The van der Waals surface area contributed by atoms with Crippen molar-refractivity contribution in [3.05, 3.63) is 29.6 Å². The number of ether oxygens (including phenoxy) is 1. The Kier molecular flexibility index (Phi) is 5.44. The normalized spacial score (nSPS) is 28.7. The summed E-state index contributed by atoms with van der Waals surface area (Å²) in [5.41, 5.74) is 6.57. The number of nitrogens with zero attached hydrogens (tertiary/aromatic N) is 4. The lowest BCUT2D eigenvalue weighted by atomic mass is 10.0. The van der Waals surface area contributed by atoms with E-state index in [0.29, 0.717) is 35.1 Å². The lowest BCUT2D eigenvalue weighted by Gasteiger charge is -2.28. The Bertz CT molecular complexity index is 968. The van der Waals surface area contributed by atoms with E-state index < -0.39 is 17.6 Å². The van der Waals surface area contributed by atoms with Gasteiger partial charge in [0.15, 0.2) is 0 Å². The van der Waals surface area contributed by atoms with Crippen molar-refractivity contribution in [3.63, 3.8) is 0 Å². The molecule has 5 rings (SSSR count). The molecule has 2 aromatic heterocycles. The van der Waals surface area contributed by atoms with Crippen LogP contribution in [0, 0.1) is 11.8 Å². The molecule has 9 heteroatoms. The van der Waals surface area contributed by atoms with Crippen molar-refractivity contribution in [3.8, 4) is 11.3 Å². The van der Waals surface area contributed by atoms with Crippen LogP contribution >= 0.6 is 0 Å². The van der Waals surface area contributed by atoms with Gasteiger partial charge in [0.1, 0.15) is 5.82 Å². The minimum absolute atomic E-state index is 0.127. The number of fused-ring (bicyclic) bond motifs is 1. The maximum Gasteiger partial charge on any atom is 0.419 e. The zero-order valence-corrected chi connectivity index (χ0v) is 18.5. The van der Waals surface area contributed by atoms with Crippen molar-refractivity contribution in [2.24, 2.45) is 11.8 Å². The molecule has 1 aliphatic heterocycles. The molecule has 3 heterocycles. The molecule has 32 heavy (non-hydrogen) atoms. The molecule has 2 saturated carbocycles. The van der Waals surface area contributed by atoms with E-state index in [0.717, 1.165) is 44.5 Å². The number of halogens is 3. The molecular weight excluding hydrogens is 419 g/mol. The molecule has 1 unspecified atom stereocenters. The lowest BCUT2D eigenvalue weighted by molar-refractivity contribution is -0.137. The van der Waals surface area contributed by atoms with Crippen LogP contribution in [0.4, 0.5) is 19.0 Å². The summed E-state index contributed by atoms with van der Waals surface area (Å²) >= 11 is 0. The molecule has 0 radical (unpaired) electrons. The van der Waals surface area contributed by atoms with Gasteiger partial charge in [-0.1, -0.05) is 0 Å². The summed E-state index contributed by atoms with van der Waals surface area (Å²) in [5.74, 6) is 1.18. The summed E-state index contributed by atoms with van der Waals surface area (Å²) in [6.07, 6.45) is 0.281. The van der Waals surface area contributed by atoms with Crippen LogP contribution in [0.3, 0.4) is 0 Å². The summed E-state index contributed by atoms with van der Waals surface area (Å²) in [5, 5.41) is 4.68. The predicted octanol–water partition coefficient (Wildman–Crippen LogP) is 4.34. The topological polar surface area (TPSA) is 69.2 Å². The van der Waals surface area contributed by atoms with Crippen molar-refractivity contribution in [1.29, 1.82) is 0 Å². The number of pyridine rings is 1. The third-order valence-electron chi connectivity index (χ3n) is 7.31. The van der Waals surface area contributed by atoms with Gasteiger partial charge in [-0.2, -0.15) is 18.3 Å². The predicted molar refractivity (Wildman–Crippen MR) is 115 cm³/mol. The Morgan fingerprint density at radius 2 is 1.88 bits per heavy atom. The summed E-state index contributed by atoms with van der Waals surface area (Å²) < 4.78 is 47.5. The second-order valence-electron chi connectivity index (χ2n) is 9.63. The highest BCUT2D eigenvalue weighted by molar-refractivity contribution is 5.63. The Balaban J connectivity index is 1.37. The molecule has 0 bridgehead atoms. The van der Waals surface area contributed by atoms with Gasteiger partial charge in [0.2, 0.25) is 0 Å². The molecule has 2 aliphatic carbocycles. The Hall–Kier alpha value is -2.13. The minimum atomic E-state index is -4.54. The molecule has 0 spiro atoms. The third-order valence-corrected chi connectivity index (χ3v) is 7.31. The van der Waals surface area contributed by atoms with Crippen LogP contribution in [0.2, 0.25) is 0 Å². The van der Waals surface area contributed by atoms with Gasteiger partial charge in [0, 0.05) is 55.2 Å². The highest BCUT2D eigenvalue weighted by Gasteiger charge is 2.58. The summed E-state index contributed by atoms with van der Waals surface area (Å²) in [7, 11) is 0. The highest BCUT2D eigenvalue weighted by atomic mass is 19.4. The second kappa shape index (κ2) is 8.02. The molecule has 174 valence electrons. The number of aromatic nitrogens is 3. The van der Waals surface area contributed by atoms with Crippen LogP contribution in [0.15, 0.2) is 18.3 Å². The van der Waals surface area contributed by atoms with E-state index in [2.05, 4.69) is 28.8 Å². The van der Waals surface area contributed by atoms with E-state index in [1.54, 1.807) is 0 Å². The average Bonchev–Trinajstić information content (AvgIpc) is 3.06. The van der Waals surface area contributed by atoms with Crippen molar-refractivity contribution in [2.75, 3.05) is 32.0 Å². The van der Waals surface area contributed by atoms with E-state index in [1.807, 2.05) is 10.7 Å². The Morgan fingerprint density at radius 3 is 2.56 bits per heavy atom. The fourth-order valence-corrected chi connectivity index (χ4v) is 5.73. The first-order valence-electron chi connectivity index (χ1n) is 11.5. The van der Waals surface area contributed by atoms with Crippen LogP contribution in [0.1, 0.15) is 56.3 Å². The van der Waals surface area contributed by atoms with E-state index in [9.17, 15) is 13.2 Å². The van der Waals surface area contributed by atoms with E-state index in [1.165, 1.54) is 19.0 Å². The molecule has 3 aliphatic rings. The smallest absolute Gasteiger partial charge is 0.383 e. The molecule has 1 saturated heterocycles. The summed E-state index contributed by atoms with van der Waals surface area (Å²) in [6, 6.07) is 3.77. The number of nitrogen functional groups attached to an aromatic ring is 1. The van der Waals surface area contributed by atoms with Gasteiger partial charge in [-0.3, -0.25) is 9.58 Å². The number of anilines is 1. The van der Waals surface area contributed by atoms with Crippen LogP contribution in [0.5, 0.6) is 0 Å². The number of alkyl halides is 3. The van der Waals surface area contributed by atoms with Crippen molar-refractivity contribution in [1.82, 2.24) is 19.7 Å². The van der Waals surface area contributed by atoms with Gasteiger partial charge in [0.25, 0.3) is 0 Å². The van der Waals surface area contributed by atoms with Crippen molar-refractivity contribution in [2.45, 2.75) is 57.3 Å². The first kappa shape index (κ1) is 21.7. The average molecular weight is 450 g/mol. The maximum absolute atomic E-state index is 13.3. The van der Waals surface area contributed by atoms with Crippen LogP contribution in [-0.2, 0) is 10.9 Å². The summed E-state index contributed by atoms with van der Waals surface area (Å²) in [4.78, 5) is 6.37. The van der Waals surface area contributed by atoms with Gasteiger partial charge in [-0.05, 0) is 57.1 Å². The SMILES string of the molecule is CC(C)n1nc(-c2cnc(N)c(C(F)(F)F)c2)cc1[C@H]1[C@@H]2CC(N3CCCOCC3)C[C@@H]21. The molecule has 2 aromatic rings. The largest absolute Gasteiger partial charge is 0.419 e. The fraction of sp³-hybridized carbons (Fsp3) is 0.652. The van der Waals surface area contributed by atoms with E-state index in [4.69, 9.17) is 10.5 Å². The molecular formula is C23H30F3N5O. The van der Waals surface area contributed by atoms with Crippen LogP contribution in [-0.4, -0.2) is 52.0 Å². The second-order valence-corrected chi connectivity index (χ2v) is 9.63. The summed E-state index contributed by atoms with van der Waals surface area (Å²) in [6.45, 7) is 7.89. The quantitative estimate of drug-likeness (QED) is 0.752. The minimum Gasteiger partial charge on any atom is -0.383 e. The monoisotopic (exact) mass is 449 g/mol. The van der Waals surface area contributed by atoms with Crippen LogP contribution < -0.4 is 5.73 Å². The Morgan fingerprint density at radius 1 is 1.12 bits per heavy atom. The first-order chi connectivity index (χ1) is 15.2. The molecule has 4 atom stereocenters. The standard InChI is InChI=1S/C23H30F3N5O/c1-13(2)31-20(11-19(29-31)14-8-18(23(24,25)26)22(27)28-12-14)21-16-9-15(10-17(16)21)30-4-3-6-32-7-5-30/h8,11-13,15-17,21H,3-7,9-10H2,1-2H3,(H2,27,28)/t15?,16-,17+,21+. The maximum atomic E-state index is 13.3. The van der Waals surface area contributed by atoms with Crippen LogP contribution in [0.25, 0.3) is 11.3 Å². The van der Waals surface area contributed by atoms with Gasteiger partial charge < -0.3 is 10.5 Å². The highest BCUT2D eigenvalue weighted by Crippen LogP contribution is 2.64. The zero-order chi connectivity index (χ0) is 22.6. The lowest BCUT2D eigenvalue weighted by Crippen LogP contribution is -2.36. The molecule has 2 N–H and O–H groups in total. The Labute approximate surface area is 185 Å². The third kappa shape index (κ3) is 3.90. The number of hydrogen-bond acceptors (Lipinski definition) is 5. The zero-order valence-electron chi connectivity index (χ0n) is 18.5. The van der Waals surface area contributed by atoms with Gasteiger partial charge in [-0.25, -0.2) is 4.98 Å². The van der Waals surface area contributed by atoms with Gasteiger partial charge in [-0.15, -0.1) is 0 Å². The van der Waals surface area contributed by atoms with Gasteiger partial charge in [0.05, 0.1) is 17.9 Å². The molecule has 0 aromatic carbocycles. The number of nitrogens with two attached hydrogens (primary N) is 1. The fourth-order valence-electron chi connectivity index (χ4n) is 5.73. The van der Waals surface area contributed by atoms with E-state index >= 15 is 0 Å². The number of hydrogen-bond donors (Lipinski definition) is 1. The molecule has 3 fully saturated rings. The van der Waals surface area contributed by atoms with E-state index in [-0.39, 0.29) is 6.04 Å².